The fraction of sp³-hybridized carbons (Fsp3) is 0.450. The lowest BCUT2D eigenvalue weighted by molar-refractivity contribution is -0.0675. The third-order valence-corrected chi connectivity index (χ3v) is 5.79. The minimum absolute atomic E-state index is 0.0656. The molecule has 180 valence electrons. The summed E-state index contributed by atoms with van der Waals surface area (Å²) in [5.41, 5.74) is 2.29. The van der Waals surface area contributed by atoms with Gasteiger partial charge in [-0.3, -0.25) is 0 Å². The molecular formula is C20H22F4N10. The predicted octanol–water partition coefficient (Wildman–Crippen LogP) is 2.59. The molecule has 4 aromatic heterocycles. The fourth-order valence-corrected chi connectivity index (χ4v) is 4.17. The molecule has 0 spiro atoms. The van der Waals surface area contributed by atoms with Crippen LogP contribution in [0.5, 0.6) is 0 Å². The number of halogens is 4. The van der Waals surface area contributed by atoms with Crippen LogP contribution in [0.2, 0.25) is 0 Å². The average molecular weight is 478 g/mol. The van der Waals surface area contributed by atoms with Crippen molar-refractivity contribution in [1.29, 1.82) is 0 Å². The Morgan fingerprint density at radius 2 is 2.03 bits per heavy atom. The molecular weight excluding hydrogens is 456 g/mol. The van der Waals surface area contributed by atoms with Gasteiger partial charge in [0.05, 0.1) is 18.3 Å². The maximum Gasteiger partial charge on any atom is 0.280 e. The Balaban J connectivity index is 1.52. The molecule has 2 N–H and O–H groups in total. The van der Waals surface area contributed by atoms with Gasteiger partial charge in [0.15, 0.2) is 11.5 Å². The highest BCUT2D eigenvalue weighted by Gasteiger charge is 2.44. The molecule has 0 amide bonds. The monoisotopic (exact) mass is 478 g/mol. The quantitative estimate of drug-likeness (QED) is 0.408. The second-order valence-corrected chi connectivity index (χ2v) is 8.24. The molecule has 0 aromatic carbocycles. The molecule has 14 heteroatoms. The Morgan fingerprint density at radius 1 is 1.21 bits per heavy atom. The number of rotatable bonds is 6. The predicted molar refractivity (Wildman–Crippen MR) is 117 cm³/mol. The zero-order valence-corrected chi connectivity index (χ0v) is 18.4. The minimum Gasteiger partial charge on any atom is -0.371 e. The molecule has 0 radical (unpaired) electrons. The van der Waals surface area contributed by atoms with Crippen molar-refractivity contribution < 1.29 is 17.6 Å². The SMILES string of the molecule is CNc1nc(NC2CCN(C)CC2(F)F)nn2ccc(-c3ccc4nnn(CC(F)F)c4n3)c12. The van der Waals surface area contributed by atoms with Gasteiger partial charge in [-0.25, -0.2) is 31.7 Å². The molecule has 1 aliphatic heterocycles. The Bertz CT molecular complexity index is 1330. The van der Waals surface area contributed by atoms with E-state index in [9.17, 15) is 17.6 Å². The summed E-state index contributed by atoms with van der Waals surface area (Å²) in [5, 5.41) is 17.8. The molecule has 1 fully saturated rings. The number of likely N-dealkylation sites (tertiary alicyclic amines) is 1. The lowest BCUT2D eigenvalue weighted by Crippen LogP contribution is -2.53. The second kappa shape index (κ2) is 8.34. The van der Waals surface area contributed by atoms with Crippen molar-refractivity contribution in [2.75, 3.05) is 37.8 Å². The summed E-state index contributed by atoms with van der Waals surface area (Å²) in [6, 6.07) is 4.00. The number of pyridine rings is 1. The standard InChI is InChI=1S/C20H22F4N10/c1-25-17-16-11(12-3-4-13-18(26-12)34(31-29-13)9-15(21)22)5-8-33(16)30-19(28-17)27-14-6-7-32(2)10-20(14,23)24/h3-5,8,14-15H,6-7,9-10H2,1-2H3,(H2,25,27,28,30). The number of aromatic nitrogens is 7. The normalized spacial score (nSPS) is 18.7. The van der Waals surface area contributed by atoms with Crippen LogP contribution in [-0.4, -0.2) is 85.1 Å². The maximum absolute atomic E-state index is 14.5. The van der Waals surface area contributed by atoms with Gasteiger partial charge in [0.25, 0.3) is 12.3 Å². The Kier molecular flexibility index (Phi) is 5.46. The van der Waals surface area contributed by atoms with E-state index >= 15 is 0 Å². The number of nitrogens with zero attached hydrogens (tertiary/aromatic N) is 8. The zero-order valence-electron chi connectivity index (χ0n) is 18.4. The third kappa shape index (κ3) is 3.97. The van der Waals surface area contributed by atoms with Gasteiger partial charge < -0.3 is 15.5 Å². The summed E-state index contributed by atoms with van der Waals surface area (Å²) < 4.78 is 57.3. The summed E-state index contributed by atoms with van der Waals surface area (Å²) in [7, 11) is 3.32. The fourth-order valence-electron chi connectivity index (χ4n) is 4.17. The summed E-state index contributed by atoms with van der Waals surface area (Å²) in [6.07, 6.45) is -0.690. The van der Waals surface area contributed by atoms with Gasteiger partial charge in [0, 0.05) is 25.4 Å². The van der Waals surface area contributed by atoms with Crippen molar-refractivity contribution in [3.8, 4) is 11.3 Å². The van der Waals surface area contributed by atoms with Crippen LogP contribution in [0.25, 0.3) is 27.9 Å². The van der Waals surface area contributed by atoms with Crippen molar-refractivity contribution in [1.82, 2.24) is 39.5 Å². The van der Waals surface area contributed by atoms with E-state index in [-0.39, 0.29) is 24.6 Å². The Hall–Kier alpha value is -3.55. The molecule has 1 saturated heterocycles. The van der Waals surface area contributed by atoms with E-state index in [0.29, 0.717) is 34.7 Å². The molecule has 34 heavy (non-hydrogen) atoms. The topological polar surface area (TPSA) is 101 Å². The highest BCUT2D eigenvalue weighted by molar-refractivity contribution is 5.89. The van der Waals surface area contributed by atoms with Gasteiger partial charge in [-0.2, -0.15) is 4.98 Å². The lowest BCUT2D eigenvalue weighted by Gasteiger charge is -2.36. The van der Waals surface area contributed by atoms with Crippen molar-refractivity contribution in [2.45, 2.75) is 31.4 Å². The molecule has 0 bridgehead atoms. The Labute approximate surface area is 191 Å². The molecule has 1 unspecified atom stereocenters. The molecule has 4 aromatic rings. The number of piperidine rings is 1. The van der Waals surface area contributed by atoms with E-state index in [1.165, 1.54) is 4.52 Å². The lowest BCUT2D eigenvalue weighted by atomic mass is 10.0. The van der Waals surface area contributed by atoms with Gasteiger partial charge in [-0.1, -0.05) is 5.21 Å². The molecule has 1 atom stereocenters. The maximum atomic E-state index is 14.5. The van der Waals surface area contributed by atoms with Crippen molar-refractivity contribution in [2.24, 2.45) is 0 Å². The van der Waals surface area contributed by atoms with Gasteiger partial charge in [-0.05, 0) is 31.7 Å². The van der Waals surface area contributed by atoms with Gasteiger partial charge in [0.1, 0.15) is 17.6 Å². The first-order valence-electron chi connectivity index (χ1n) is 10.6. The highest BCUT2D eigenvalue weighted by Crippen LogP contribution is 2.32. The average Bonchev–Trinajstić information content (AvgIpc) is 3.38. The van der Waals surface area contributed by atoms with E-state index in [4.69, 9.17) is 0 Å². The van der Waals surface area contributed by atoms with E-state index in [1.807, 2.05) is 0 Å². The first kappa shape index (κ1) is 22.3. The van der Waals surface area contributed by atoms with Crippen LogP contribution >= 0.6 is 0 Å². The van der Waals surface area contributed by atoms with Crippen LogP contribution in [0.1, 0.15) is 6.42 Å². The number of nitrogens with one attached hydrogen (secondary N) is 2. The summed E-state index contributed by atoms with van der Waals surface area (Å²) in [4.78, 5) is 10.5. The van der Waals surface area contributed by atoms with Crippen molar-refractivity contribution >= 4 is 28.4 Å². The smallest absolute Gasteiger partial charge is 0.280 e. The Morgan fingerprint density at radius 3 is 2.76 bits per heavy atom. The van der Waals surface area contributed by atoms with Crippen LogP contribution < -0.4 is 10.6 Å². The van der Waals surface area contributed by atoms with Crippen LogP contribution in [0.4, 0.5) is 29.3 Å². The highest BCUT2D eigenvalue weighted by atomic mass is 19.3. The summed E-state index contributed by atoms with van der Waals surface area (Å²) in [6.45, 7) is -0.428. The van der Waals surface area contributed by atoms with Crippen molar-refractivity contribution in [3.05, 3.63) is 24.4 Å². The summed E-state index contributed by atoms with van der Waals surface area (Å²) >= 11 is 0. The number of fused-ring (bicyclic) bond motifs is 2. The van der Waals surface area contributed by atoms with Crippen molar-refractivity contribution in [3.63, 3.8) is 0 Å². The second-order valence-electron chi connectivity index (χ2n) is 8.24. The van der Waals surface area contributed by atoms with Gasteiger partial charge in [0.2, 0.25) is 5.95 Å². The number of anilines is 2. The van der Waals surface area contributed by atoms with E-state index in [2.05, 4.69) is 36.0 Å². The van der Waals surface area contributed by atoms with E-state index in [0.717, 1.165) is 4.68 Å². The third-order valence-electron chi connectivity index (χ3n) is 5.79. The minimum atomic E-state index is -2.93. The van der Waals surface area contributed by atoms with Crippen LogP contribution in [0, 0.1) is 0 Å². The molecule has 1 aliphatic rings. The first-order valence-corrected chi connectivity index (χ1v) is 10.6. The van der Waals surface area contributed by atoms with E-state index in [1.54, 1.807) is 43.4 Å². The molecule has 10 nitrogen and oxygen atoms in total. The molecule has 0 saturated carbocycles. The van der Waals surface area contributed by atoms with Crippen LogP contribution in [0.3, 0.4) is 0 Å². The molecule has 5 heterocycles. The largest absolute Gasteiger partial charge is 0.371 e. The van der Waals surface area contributed by atoms with Gasteiger partial charge >= 0.3 is 0 Å². The van der Waals surface area contributed by atoms with Gasteiger partial charge in [-0.15, -0.1) is 10.2 Å². The number of alkyl halides is 4. The van der Waals surface area contributed by atoms with E-state index < -0.39 is 24.9 Å². The summed E-state index contributed by atoms with van der Waals surface area (Å²) in [5.74, 6) is -2.47. The number of hydrogen-bond acceptors (Lipinski definition) is 8. The number of hydrogen-bond donors (Lipinski definition) is 2. The van der Waals surface area contributed by atoms with Crippen LogP contribution in [-0.2, 0) is 6.54 Å². The molecule has 0 aliphatic carbocycles. The molecule has 5 rings (SSSR count). The van der Waals surface area contributed by atoms with Crippen LogP contribution in [0.15, 0.2) is 24.4 Å². The first-order chi connectivity index (χ1) is 16.2. The zero-order chi connectivity index (χ0) is 24.0.